The van der Waals surface area contributed by atoms with Crippen molar-refractivity contribution < 1.29 is 4.79 Å². The molecule has 1 amide bonds. The lowest BCUT2D eigenvalue weighted by atomic mass is 10.2. The van der Waals surface area contributed by atoms with E-state index in [4.69, 9.17) is 5.10 Å². The van der Waals surface area contributed by atoms with Gasteiger partial charge in [0.15, 0.2) is 5.82 Å². The van der Waals surface area contributed by atoms with Crippen molar-refractivity contribution in [1.82, 2.24) is 24.6 Å². The van der Waals surface area contributed by atoms with Gasteiger partial charge in [0.1, 0.15) is 5.56 Å². The van der Waals surface area contributed by atoms with Gasteiger partial charge in [-0.25, -0.2) is 4.68 Å². The second kappa shape index (κ2) is 11.0. The quantitative estimate of drug-likeness (QED) is 0.463. The van der Waals surface area contributed by atoms with Gasteiger partial charge in [-0.3, -0.25) is 4.79 Å². The first kappa shape index (κ1) is 22.8. The average Bonchev–Trinajstić information content (AvgIpc) is 3.41. The Labute approximate surface area is 185 Å². The molecule has 3 aromatic rings. The van der Waals surface area contributed by atoms with Crippen LogP contribution < -0.4 is 5.32 Å². The standard InChI is InChI=1S/C25H35N5O/c1-5-7-16-28(6-2)17-10-15-26-24(31)23-21(4)27-30(22-13-11-20(3)12-14-22)25(23)29-18-8-9-19-29/h8-9,11-14,18-19H,5-7,10,15-17H2,1-4H3,(H,26,31). The van der Waals surface area contributed by atoms with E-state index in [0.29, 0.717) is 12.1 Å². The molecule has 0 aliphatic carbocycles. The zero-order chi connectivity index (χ0) is 22.2. The minimum Gasteiger partial charge on any atom is -0.352 e. The highest BCUT2D eigenvalue weighted by Crippen LogP contribution is 2.23. The largest absolute Gasteiger partial charge is 0.352 e. The summed E-state index contributed by atoms with van der Waals surface area (Å²) >= 11 is 0. The van der Waals surface area contributed by atoms with Crippen LogP contribution in [0.15, 0.2) is 48.8 Å². The van der Waals surface area contributed by atoms with E-state index in [1.807, 2.05) is 52.8 Å². The summed E-state index contributed by atoms with van der Waals surface area (Å²) in [5, 5.41) is 7.84. The highest BCUT2D eigenvalue weighted by molar-refractivity contribution is 5.98. The summed E-state index contributed by atoms with van der Waals surface area (Å²) in [5.74, 6) is 0.693. The predicted octanol–water partition coefficient (Wildman–Crippen LogP) is 4.52. The molecule has 3 rings (SSSR count). The van der Waals surface area contributed by atoms with E-state index < -0.39 is 0 Å². The summed E-state index contributed by atoms with van der Waals surface area (Å²) in [4.78, 5) is 15.6. The van der Waals surface area contributed by atoms with Crippen LogP contribution in [-0.2, 0) is 0 Å². The Hall–Kier alpha value is -2.86. The Morgan fingerprint density at radius 3 is 2.35 bits per heavy atom. The summed E-state index contributed by atoms with van der Waals surface area (Å²) in [6, 6.07) is 12.1. The molecular formula is C25H35N5O. The summed E-state index contributed by atoms with van der Waals surface area (Å²) in [5.41, 5.74) is 3.47. The Morgan fingerprint density at radius 2 is 1.71 bits per heavy atom. The van der Waals surface area contributed by atoms with E-state index in [9.17, 15) is 4.79 Å². The first-order valence-corrected chi connectivity index (χ1v) is 11.4. The van der Waals surface area contributed by atoms with E-state index in [0.717, 1.165) is 43.3 Å². The highest BCUT2D eigenvalue weighted by atomic mass is 16.1. The molecule has 0 saturated carbocycles. The van der Waals surface area contributed by atoms with Gasteiger partial charge in [-0.05, 0) is 70.6 Å². The maximum Gasteiger partial charge on any atom is 0.256 e. The number of aromatic nitrogens is 3. The molecule has 0 aliphatic heterocycles. The molecule has 0 atom stereocenters. The second-order valence-electron chi connectivity index (χ2n) is 8.02. The molecular weight excluding hydrogens is 386 g/mol. The predicted molar refractivity (Wildman–Crippen MR) is 126 cm³/mol. The number of benzene rings is 1. The zero-order valence-corrected chi connectivity index (χ0v) is 19.3. The smallest absolute Gasteiger partial charge is 0.256 e. The third-order valence-corrected chi connectivity index (χ3v) is 5.60. The van der Waals surface area contributed by atoms with Gasteiger partial charge in [0.2, 0.25) is 0 Å². The molecule has 0 spiro atoms. The molecule has 31 heavy (non-hydrogen) atoms. The summed E-state index contributed by atoms with van der Waals surface area (Å²) in [7, 11) is 0. The van der Waals surface area contributed by atoms with Crippen molar-refractivity contribution in [3.05, 3.63) is 65.6 Å². The van der Waals surface area contributed by atoms with E-state index in [1.165, 1.54) is 18.4 Å². The van der Waals surface area contributed by atoms with Crippen molar-refractivity contribution in [2.75, 3.05) is 26.2 Å². The van der Waals surface area contributed by atoms with Crippen LogP contribution in [0, 0.1) is 13.8 Å². The topological polar surface area (TPSA) is 55.1 Å². The zero-order valence-electron chi connectivity index (χ0n) is 19.3. The lowest BCUT2D eigenvalue weighted by Crippen LogP contribution is -2.31. The van der Waals surface area contributed by atoms with Crippen molar-refractivity contribution in [3.63, 3.8) is 0 Å². The van der Waals surface area contributed by atoms with Crippen LogP contribution >= 0.6 is 0 Å². The van der Waals surface area contributed by atoms with Crippen molar-refractivity contribution >= 4 is 5.91 Å². The van der Waals surface area contributed by atoms with E-state index in [2.05, 4.69) is 43.1 Å². The number of nitrogens with one attached hydrogen (secondary N) is 1. The van der Waals surface area contributed by atoms with Crippen molar-refractivity contribution in [2.45, 2.75) is 47.0 Å². The Balaban J connectivity index is 1.77. The van der Waals surface area contributed by atoms with Crippen molar-refractivity contribution in [1.29, 1.82) is 0 Å². The fourth-order valence-corrected chi connectivity index (χ4v) is 3.76. The molecule has 0 unspecified atom stereocenters. The number of hydrogen-bond donors (Lipinski definition) is 1. The number of unbranched alkanes of at least 4 members (excludes halogenated alkanes) is 1. The lowest BCUT2D eigenvalue weighted by molar-refractivity contribution is 0.0951. The molecule has 0 aliphatic rings. The maximum atomic E-state index is 13.2. The highest BCUT2D eigenvalue weighted by Gasteiger charge is 2.23. The number of amides is 1. The third kappa shape index (κ3) is 5.64. The second-order valence-corrected chi connectivity index (χ2v) is 8.02. The van der Waals surface area contributed by atoms with Gasteiger partial charge in [-0.2, -0.15) is 5.10 Å². The molecule has 6 nitrogen and oxygen atoms in total. The summed E-state index contributed by atoms with van der Waals surface area (Å²) in [6.45, 7) is 12.2. The summed E-state index contributed by atoms with van der Waals surface area (Å²) < 4.78 is 3.81. The monoisotopic (exact) mass is 421 g/mol. The molecule has 166 valence electrons. The van der Waals surface area contributed by atoms with Crippen LogP contribution in [0.25, 0.3) is 11.5 Å². The van der Waals surface area contributed by atoms with Crippen LogP contribution in [0.3, 0.4) is 0 Å². The lowest BCUT2D eigenvalue weighted by Gasteiger charge is -2.20. The molecule has 0 radical (unpaired) electrons. The van der Waals surface area contributed by atoms with Gasteiger partial charge in [0.05, 0.1) is 11.4 Å². The van der Waals surface area contributed by atoms with E-state index in [-0.39, 0.29) is 5.91 Å². The van der Waals surface area contributed by atoms with Gasteiger partial charge >= 0.3 is 0 Å². The molecule has 0 saturated heterocycles. The van der Waals surface area contributed by atoms with Crippen molar-refractivity contribution in [2.24, 2.45) is 0 Å². The normalized spacial score (nSPS) is 11.3. The minimum atomic E-state index is -0.0730. The van der Waals surface area contributed by atoms with Crippen molar-refractivity contribution in [3.8, 4) is 11.5 Å². The average molecular weight is 422 g/mol. The molecule has 0 fully saturated rings. The van der Waals surface area contributed by atoms with Gasteiger partial charge in [0, 0.05) is 18.9 Å². The first-order valence-electron chi connectivity index (χ1n) is 11.4. The number of carbonyl (C=O) groups excluding carboxylic acids is 1. The Bertz CT molecular complexity index is 957. The van der Waals surface area contributed by atoms with Crippen LogP contribution in [-0.4, -0.2) is 51.3 Å². The van der Waals surface area contributed by atoms with Crippen LogP contribution in [0.2, 0.25) is 0 Å². The molecule has 6 heteroatoms. The molecule has 2 heterocycles. The van der Waals surface area contributed by atoms with Crippen LogP contribution in [0.1, 0.15) is 54.7 Å². The summed E-state index contributed by atoms with van der Waals surface area (Å²) in [6.07, 6.45) is 7.26. The molecule has 2 aromatic heterocycles. The fraction of sp³-hybridized carbons (Fsp3) is 0.440. The number of carbonyl (C=O) groups is 1. The SMILES string of the molecule is CCCCN(CC)CCCNC(=O)c1c(C)nn(-c2ccc(C)cc2)c1-n1cccc1. The fourth-order valence-electron chi connectivity index (χ4n) is 3.76. The minimum absolute atomic E-state index is 0.0730. The number of rotatable bonds is 11. The van der Waals surface area contributed by atoms with Gasteiger partial charge in [0.25, 0.3) is 5.91 Å². The van der Waals surface area contributed by atoms with Crippen LogP contribution in [0.5, 0.6) is 0 Å². The molecule has 1 aromatic carbocycles. The number of nitrogens with zero attached hydrogens (tertiary/aromatic N) is 4. The van der Waals surface area contributed by atoms with Gasteiger partial charge < -0.3 is 14.8 Å². The molecule has 0 bridgehead atoms. The third-order valence-electron chi connectivity index (χ3n) is 5.60. The van der Waals surface area contributed by atoms with Gasteiger partial charge in [-0.15, -0.1) is 0 Å². The van der Waals surface area contributed by atoms with Crippen LogP contribution in [0.4, 0.5) is 0 Å². The first-order chi connectivity index (χ1) is 15.0. The Morgan fingerprint density at radius 1 is 1.03 bits per heavy atom. The van der Waals surface area contributed by atoms with E-state index >= 15 is 0 Å². The number of hydrogen-bond acceptors (Lipinski definition) is 3. The maximum absolute atomic E-state index is 13.2. The Kier molecular flexibility index (Phi) is 8.06. The van der Waals surface area contributed by atoms with E-state index in [1.54, 1.807) is 0 Å². The van der Waals surface area contributed by atoms with Gasteiger partial charge in [-0.1, -0.05) is 38.0 Å². The number of aryl methyl sites for hydroxylation is 2. The molecule has 1 N–H and O–H groups in total.